The zero-order valence-corrected chi connectivity index (χ0v) is 20.8. The molecule has 6 heteroatoms. The Labute approximate surface area is 207 Å². The third kappa shape index (κ3) is 6.49. The van der Waals surface area contributed by atoms with Gasteiger partial charge in [0.15, 0.2) is 0 Å². The van der Waals surface area contributed by atoms with E-state index in [0.717, 1.165) is 41.9 Å². The van der Waals surface area contributed by atoms with Crippen LogP contribution in [0.3, 0.4) is 0 Å². The zero-order valence-electron chi connectivity index (χ0n) is 20.8. The minimum absolute atomic E-state index is 0.163. The number of piperidine rings is 1. The van der Waals surface area contributed by atoms with Crippen LogP contribution in [0.1, 0.15) is 51.5 Å². The summed E-state index contributed by atoms with van der Waals surface area (Å²) in [6.07, 6.45) is 13.4. The minimum Gasteiger partial charge on any atom is -0.344 e. The standard InChI is InChI=1S/C29H35N5O/c1-4-5-6-7-20(2)18-21(3)32-26-19-24-14-17-31-29(35)27(24)28(34-26)33-25-10-8-22(9-11-25)23-12-15-30-16-13-23/h5-11,14,17-19,23,30H,4,12-13,15-16H2,1-3H3,(H,31,35)(H2,32,33,34)/b6-5+,20-7-,21-18+. The van der Waals surface area contributed by atoms with Gasteiger partial charge in [-0.2, -0.15) is 0 Å². The van der Waals surface area contributed by atoms with Crippen LogP contribution < -0.4 is 21.5 Å². The van der Waals surface area contributed by atoms with Gasteiger partial charge in [-0.05, 0) is 99.0 Å². The molecule has 182 valence electrons. The molecule has 1 aromatic carbocycles. The van der Waals surface area contributed by atoms with Crippen LogP contribution in [-0.2, 0) is 0 Å². The Kier molecular flexibility index (Phi) is 8.16. The number of hydrogen-bond acceptors (Lipinski definition) is 5. The molecular formula is C29H35N5O. The quantitative estimate of drug-likeness (QED) is 0.289. The molecule has 1 fully saturated rings. The normalized spacial score (nSPS) is 15.6. The number of aromatic amines is 1. The summed E-state index contributed by atoms with van der Waals surface area (Å²) in [5, 5.41) is 11.6. The lowest BCUT2D eigenvalue weighted by molar-refractivity contribution is 0.460. The molecule has 0 saturated carbocycles. The first-order valence-electron chi connectivity index (χ1n) is 12.4. The average molecular weight is 470 g/mol. The fourth-order valence-corrected chi connectivity index (χ4v) is 4.48. The van der Waals surface area contributed by atoms with Crippen molar-refractivity contribution in [2.24, 2.45) is 0 Å². The molecule has 0 aliphatic carbocycles. The van der Waals surface area contributed by atoms with Gasteiger partial charge in [0.25, 0.3) is 5.56 Å². The predicted octanol–water partition coefficient (Wildman–Crippen LogP) is 6.36. The SMILES string of the molecule is CC/C=C/C=C(C)\C=C(/C)Nc1cc2cc[nH]c(=O)c2c(Nc2ccc(C3CCNCC3)cc2)n1. The third-order valence-electron chi connectivity index (χ3n) is 6.24. The summed E-state index contributed by atoms with van der Waals surface area (Å²) in [6, 6.07) is 12.3. The summed E-state index contributed by atoms with van der Waals surface area (Å²) in [4.78, 5) is 20.2. The van der Waals surface area contributed by atoms with Gasteiger partial charge in [0, 0.05) is 17.6 Å². The summed E-state index contributed by atoms with van der Waals surface area (Å²) in [5.41, 5.74) is 4.22. The number of nitrogens with zero attached hydrogens (tertiary/aromatic N) is 1. The van der Waals surface area contributed by atoms with Gasteiger partial charge in [0.05, 0.1) is 5.39 Å². The van der Waals surface area contributed by atoms with E-state index in [0.29, 0.717) is 22.9 Å². The molecule has 0 amide bonds. The van der Waals surface area contributed by atoms with Gasteiger partial charge in [-0.1, -0.05) is 37.3 Å². The molecule has 3 heterocycles. The second kappa shape index (κ2) is 11.7. The summed E-state index contributed by atoms with van der Waals surface area (Å²) in [7, 11) is 0. The lowest BCUT2D eigenvalue weighted by Gasteiger charge is -2.23. The number of allylic oxidation sites excluding steroid dienone is 6. The van der Waals surface area contributed by atoms with Crippen molar-refractivity contribution in [1.82, 2.24) is 15.3 Å². The van der Waals surface area contributed by atoms with Crippen LogP contribution in [0.2, 0.25) is 0 Å². The van der Waals surface area contributed by atoms with E-state index in [4.69, 9.17) is 4.98 Å². The Hall–Kier alpha value is -3.64. The van der Waals surface area contributed by atoms with Gasteiger partial charge < -0.3 is 20.9 Å². The van der Waals surface area contributed by atoms with Crippen LogP contribution in [0.15, 0.2) is 83.0 Å². The maximum atomic E-state index is 12.7. The van der Waals surface area contributed by atoms with Crippen molar-refractivity contribution in [3.05, 3.63) is 94.1 Å². The number of H-pyrrole nitrogens is 1. The van der Waals surface area contributed by atoms with E-state index in [1.165, 1.54) is 18.4 Å². The number of hydrogen-bond donors (Lipinski definition) is 4. The molecular weight excluding hydrogens is 434 g/mol. The molecule has 0 bridgehead atoms. The van der Waals surface area contributed by atoms with Gasteiger partial charge in [0.2, 0.25) is 0 Å². The highest BCUT2D eigenvalue weighted by Gasteiger charge is 2.15. The van der Waals surface area contributed by atoms with Crippen LogP contribution in [0, 0.1) is 0 Å². The molecule has 4 N–H and O–H groups in total. The van der Waals surface area contributed by atoms with Crippen LogP contribution >= 0.6 is 0 Å². The maximum Gasteiger partial charge on any atom is 0.259 e. The fourth-order valence-electron chi connectivity index (χ4n) is 4.48. The first-order chi connectivity index (χ1) is 17.0. The van der Waals surface area contributed by atoms with Crippen molar-refractivity contribution in [2.75, 3.05) is 23.7 Å². The molecule has 4 rings (SSSR count). The fraction of sp³-hybridized carbons (Fsp3) is 0.310. The molecule has 0 unspecified atom stereocenters. The lowest BCUT2D eigenvalue weighted by Crippen LogP contribution is -2.26. The maximum absolute atomic E-state index is 12.7. The predicted molar refractivity (Wildman–Crippen MR) is 148 cm³/mol. The summed E-state index contributed by atoms with van der Waals surface area (Å²) >= 11 is 0. The number of rotatable bonds is 8. The van der Waals surface area contributed by atoms with Gasteiger partial charge in [-0.15, -0.1) is 0 Å². The molecule has 2 aromatic heterocycles. The third-order valence-corrected chi connectivity index (χ3v) is 6.24. The minimum atomic E-state index is -0.163. The highest BCUT2D eigenvalue weighted by atomic mass is 16.1. The van der Waals surface area contributed by atoms with Crippen molar-refractivity contribution in [3.63, 3.8) is 0 Å². The van der Waals surface area contributed by atoms with Crippen molar-refractivity contribution < 1.29 is 0 Å². The number of fused-ring (bicyclic) bond motifs is 1. The van der Waals surface area contributed by atoms with E-state index in [9.17, 15) is 4.79 Å². The molecule has 35 heavy (non-hydrogen) atoms. The largest absolute Gasteiger partial charge is 0.344 e. The average Bonchev–Trinajstić information content (AvgIpc) is 2.85. The first-order valence-corrected chi connectivity index (χ1v) is 12.4. The van der Waals surface area contributed by atoms with Crippen LogP contribution in [0.5, 0.6) is 0 Å². The van der Waals surface area contributed by atoms with E-state index in [-0.39, 0.29) is 5.56 Å². The Bertz CT molecular complexity index is 1290. The van der Waals surface area contributed by atoms with Gasteiger partial charge in [0.1, 0.15) is 11.6 Å². The molecule has 0 atom stereocenters. The summed E-state index contributed by atoms with van der Waals surface area (Å²) < 4.78 is 0. The Morgan fingerprint density at radius 1 is 1.14 bits per heavy atom. The smallest absolute Gasteiger partial charge is 0.259 e. The molecule has 3 aromatic rings. The van der Waals surface area contributed by atoms with Gasteiger partial charge in [-0.25, -0.2) is 4.98 Å². The summed E-state index contributed by atoms with van der Waals surface area (Å²) in [6.45, 7) is 8.34. The lowest BCUT2D eigenvalue weighted by atomic mass is 9.90. The van der Waals surface area contributed by atoms with Crippen molar-refractivity contribution in [3.8, 4) is 0 Å². The number of nitrogens with one attached hydrogen (secondary N) is 4. The Balaban J connectivity index is 1.60. The topological polar surface area (TPSA) is 81.8 Å². The molecule has 1 aliphatic heterocycles. The Morgan fingerprint density at radius 3 is 2.66 bits per heavy atom. The highest BCUT2D eigenvalue weighted by molar-refractivity contribution is 5.94. The molecule has 0 radical (unpaired) electrons. The van der Waals surface area contributed by atoms with Gasteiger partial charge in [-0.3, -0.25) is 4.79 Å². The van der Waals surface area contributed by atoms with Crippen LogP contribution in [0.4, 0.5) is 17.3 Å². The van der Waals surface area contributed by atoms with Gasteiger partial charge >= 0.3 is 0 Å². The molecule has 6 nitrogen and oxygen atoms in total. The zero-order chi connectivity index (χ0) is 24.6. The number of anilines is 3. The molecule has 0 spiro atoms. The summed E-state index contributed by atoms with van der Waals surface area (Å²) in [5.74, 6) is 1.82. The Morgan fingerprint density at radius 2 is 1.91 bits per heavy atom. The van der Waals surface area contributed by atoms with Crippen molar-refractivity contribution >= 4 is 28.1 Å². The van der Waals surface area contributed by atoms with Crippen LogP contribution in [0.25, 0.3) is 10.8 Å². The van der Waals surface area contributed by atoms with E-state index < -0.39 is 0 Å². The second-order valence-electron chi connectivity index (χ2n) is 9.10. The van der Waals surface area contributed by atoms with E-state index in [1.54, 1.807) is 6.20 Å². The number of pyridine rings is 2. The van der Waals surface area contributed by atoms with E-state index in [2.05, 4.69) is 83.4 Å². The highest BCUT2D eigenvalue weighted by Crippen LogP contribution is 2.29. The first kappa shape index (κ1) is 24.5. The van der Waals surface area contributed by atoms with Crippen molar-refractivity contribution in [2.45, 2.75) is 46.0 Å². The van der Waals surface area contributed by atoms with Crippen LogP contribution in [-0.4, -0.2) is 23.1 Å². The molecule has 1 aliphatic rings. The van der Waals surface area contributed by atoms with E-state index >= 15 is 0 Å². The number of benzene rings is 1. The van der Waals surface area contributed by atoms with E-state index in [1.807, 2.05) is 19.1 Å². The molecule has 1 saturated heterocycles. The number of aromatic nitrogens is 2. The second-order valence-corrected chi connectivity index (χ2v) is 9.10. The van der Waals surface area contributed by atoms with Crippen molar-refractivity contribution in [1.29, 1.82) is 0 Å². The monoisotopic (exact) mass is 469 g/mol.